The van der Waals surface area contributed by atoms with Gasteiger partial charge in [-0.25, -0.2) is 0 Å². The highest BCUT2D eigenvalue weighted by Gasteiger charge is 2.08. The Balaban J connectivity index is 2.28. The predicted octanol–water partition coefficient (Wildman–Crippen LogP) is 3.61. The fourth-order valence-corrected chi connectivity index (χ4v) is 2.22. The Morgan fingerprint density at radius 3 is 2.47 bits per heavy atom. The van der Waals surface area contributed by atoms with Crippen molar-refractivity contribution in [1.29, 1.82) is 0 Å². The van der Waals surface area contributed by atoms with Gasteiger partial charge in [0.15, 0.2) is 0 Å². The molecular formula is C16H14N2O. The first kappa shape index (κ1) is 11.7. The average molecular weight is 250 g/mol. The van der Waals surface area contributed by atoms with E-state index in [0.717, 1.165) is 33.5 Å². The van der Waals surface area contributed by atoms with Gasteiger partial charge < -0.3 is 4.74 Å². The van der Waals surface area contributed by atoms with E-state index in [1.807, 2.05) is 43.3 Å². The number of aromatic nitrogens is 2. The summed E-state index contributed by atoms with van der Waals surface area (Å²) < 4.78 is 5.26. The summed E-state index contributed by atoms with van der Waals surface area (Å²) in [5.74, 6) is 0.823. The van der Waals surface area contributed by atoms with Gasteiger partial charge in [0, 0.05) is 16.3 Å². The summed E-state index contributed by atoms with van der Waals surface area (Å²) in [6.07, 6.45) is 0. The zero-order chi connectivity index (χ0) is 13.2. The molecule has 3 rings (SSSR count). The summed E-state index contributed by atoms with van der Waals surface area (Å²) in [6.45, 7) is 1.98. The molecule has 0 saturated carbocycles. The zero-order valence-electron chi connectivity index (χ0n) is 10.9. The summed E-state index contributed by atoms with van der Waals surface area (Å²) in [5, 5.41) is 10.8. The molecule has 0 fully saturated rings. The van der Waals surface area contributed by atoms with Crippen LogP contribution < -0.4 is 4.74 Å². The van der Waals surface area contributed by atoms with Crippen molar-refractivity contribution in [3.8, 4) is 17.0 Å². The van der Waals surface area contributed by atoms with E-state index in [4.69, 9.17) is 4.74 Å². The van der Waals surface area contributed by atoms with E-state index in [0.29, 0.717) is 0 Å². The first-order valence-corrected chi connectivity index (χ1v) is 6.16. The molecule has 3 heteroatoms. The van der Waals surface area contributed by atoms with Gasteiger partial charge in [0.25, 0.3) is 0 Å². The summed E-state index contributed by atoms with van der Waals surface area (Å²) in [7, 11) is 1.66. The van der Waals surface area contributed by atoms with E-state index in [2.05, 4.69) is 22.3 Å². The lowest BCUT2D eigenvalue weighted by atomic mass is 10.0. The fourth-order valence-electron chi connectivity index (χ4n) is 2.22. The summed E-state index contributed by atoms with van der Waals surface area (Å²) in [6, 6.07) is 16.1. The Labute approximate surface area is 111 Å². The lowest BCUT2D eigenvalue weighted by Gasteiger charge is -2.08. The number of nitrogens with zero attached hydrogens (tertiary/aromatic N) is 2. The second-order valence-electron chi connectivity index (χ2n) is 4.41. The maximum atomic E-state index is 5.26. The van der Waals surface area contributed by atoms with Crippen LogP contribution in [-0.4, -0.2) is 17.3 Å². The van der Waals surface area contributed by atoms with Crippen LogP contribution in [-0.2, 0) is 0 Å². The van der Waals surface area contributed by atoms with Crippen molar-refractivity contribution in [2.75, 3.05) is 7.11 Å². The van der Waals surface area contributed by atoms with Gasteiger partial charge in [0.1, 0.15) is 11.4 Å². The van der Waals surface area contributed by atoms with Crippen LogP contribution in [0.25, 0.3) is 22.0 Å². The van der Waals surface area contributed by atoms with Gasteiger partial charge in [-0.1, -0.05) is 36.4 Å². The molecule has 0 aliphatic heterocycles. The van der Waals surface area contributed by atoms with Gasteiger partial charge >= 0.3 is 0 Å². The molecule has 0 bridgehead atoms. The van der Waals surface area contributed by atoms with Crippen molar-refractivity contribution >= 4 is 10.8 Å². The number of hydrogen-bond donors (Lipinski definition) is 0. The molecule has 0 N–H and O–H groups in total. The monoisotopic (exact) mass is 250 g/mol. The van der Waals surface area contributed by atoms with E-state index >= 15 is 0 Å². The second-order valence-corrected chi connectivity index (χ2v) is 4.41. The van der Waals surface area contributed by atoms with Gasteiger partial charge in [0.05, 0.1) is 12.8 Å². The van der Waals surface area contributed by atoms with Gasteiger partial charge in [-0.2, -0.15) is 5.10 Å². The molecule has 3 nitrogen and oxygen atoms in total. The van der Waals surface area contributed by atoms with Crippen LogP contribution >= 0.6 is 0 Å². The highest BCUT2D eigenvalue weighted by molar-refractivity contribution is 5.95. The normalized spacial score (nSPS) is 10.6. The first-order valence-electron chi connectivity index (χ1n) is 6.16. The highest BCUT2D eigenvalue weighted by atomic mass is 16.5. The standard InChI is InChI=1S/C16H14N2O/c1-11-14-8-3-4-9-15(14)16(18-17-11)12-6-5-7-13(10-12)19-2/h3-10H,1-2H3. The van der Waals surface area contributed by atoms with Crippen molar-refractivity contribution in [1.82, 2.24) is 10.2 Å². The van der Waals surface area contributed by atoms with Crippen molar-refractivity contribution in [2.45, 2.75) is 6.92 Å². The molecule has 1 heterocycles. The van der Waals surface area contributed by atoms with Gasteiger partial charge in [-0.15, -0.1) is 5.10 Å². The van der Waals surface area contributed by atoms with Crippen molar-refractivity contribution in [3.05, 3.63) is 54.2 Å². The third-order valence-electron chi connectivity index (χ3n) is 3.22. The molecule has 2 aromatic carbocycles. The minimum atomic E-state index is 0.823. The second kappa shape index (κ2) is 4.69. The van der Waals surface area contributed by atoms with Crippen LogP contribution in [0.1, 0.15) is 5.69 Å². The number of benzene rings is 2. The molecule has 3 aromatic rings. The minimum Gasteiger partial charge on any atom is -0.497 e. The molecule has 0 aliphatic rings. The Bertz CT molecular complexity index is 738. The van der Waals surface area contributed by atoms with Crippen LogP contribution in [0, 0.1) is 6.92 Å². The van der Waals surface area contributed by atoms with Crippen LogP contribution in [0.15, 0.2) is 48.5 Å². The van der Waals surface area contributed by atoms with E-state index in [9.17, 15) is 0 Å². The molecule has 0 saturated heterocycles. The van der Waals surface area contributed by atoms with Crippen molar-refractivity contribution in [2.24, 2.45) is 0 Å². The molecule has 0 amide bonds. The summed E-state index contributed by atoms with van der Waals surface area (Å²) >= 11 is 0. The molecule has 19 heavy (non-hydrogen) atoms. The quantitative estimate of drug-likeness (QED) is 0.696. The molecule has 0 radical (unpaired) electrons. The Morgan fingerprint density at radius 1 is 0.895 bits per heavy atom. The van der Waals surface area contributed by atoms with Crippen LogP contribution in [0.5, 0.6) is 5.75 Å². The van der Waals surface area contributed by atoms with Crippen LogP contribution in [0.2, 0.25) is 0 Å². The topological polar surface area (TPSA) is 35.0 Å². The largest absolute Gasteiger partial charge is 0.497 e. The fraction of sp³-hybridized carbons (Fsp3) is 0.125. The molecule has 94 valence electrons. The predicted molar refractivity (Wildman–Crippen MR) is 76.3 cm³/mol. The van der Waals surface area contributed by atoms with Crippen LogP contribution in [0.3, 0.4) is 0 Å². The van der Waals surface area contributed by atoms with Gasteiger partial charge in [0.2, 0.25) is 0 Å². The van der Waals surface area contributed by atoms with Gasteiger partial charge in [-0.05, 0) is 19.1 Å². The zero-order valence-corrected chi connectivity index (χ0v) is 10.9. The Morgan fingerprint density at radius 2 is 1.68 bits per heavy atom. The minimum absolute atomic E-state index is 0.823. The smallest absolute Gasteiger partial charge is 0.119 e. The maximum Gasteiger partial charge on any atom is 0.119 e. The molecule has 0 unspecified atom stereocenters. The third kappa shape index (κ3) is 2.03. The van der Waals surface area contributed by atoms with Crippen LogP contribution in [0.4, 0.5) is 0 Å². The summed E-state index contributed by atoms with van der Waals surface area (Å²) in [4.78, 5) is 0. The lowest BCUT2D eigenvalue weighted by molar-refractivity contribution is 0.415. The van der Waals surface area contributed by atoms with E-state index in [1.54, 1.807) is 7.11 Å². The van der Waals surface area contributed by atoms with E-state index in [-0.39, 0.29) is 0 Å². The maximum absolute atomic E-state index is 5.26. The number of fused-ring (bicyclic) bond motifs is 1. The first-order chi connectivity index (χ1) is 9.29. The molecule has 0 spiro atoms. The Hall–Kier alpha value is -2.42. The van der Waals surface area contributed by atoms with E-state index in [1.165, 1.54) is 0 Å². The molecule has 0 aliphatic carbocycles. The molecule has 0 atom stereocenters. The number of ether oxygens (including phenoxy) is 1. The van der Waals surface area contributed by atoms with E-state index < -0.39 is 0 Å². The number of aryl methyl sites for hydroxylation is 1. The lowest BCUT2D eigenvalue weighted by Crippen LogP contribution is -1.94. The third-order valence-corrected chi connectivity index (χ3v) is 3.22. The average Bonchev–Trinajstić information content (AvgIpc) is 2.48. The summed E-state index contributed by atoms with van der Waals surface area (Å²) in [5.41, 5.74) is 2.85. The number of methoxy groups -OCH3 is 1. The van der Waals surface area contributed by atoms with Crippen molar-refractivity contribution in [3.63, 3.8) is 0 Å². The van der Waals surface area contributed by atoms with Gasteiger partial charge in [-0.3, -0.25) is 0 Å². The molecular weight excluding hydrogens is 236 g/mol. The molecule has 1 aromatic heterocycles. The SMILES string of the molecule is COc1cccc(-c2nnc(C)c3ccccc23)c1. The van der Waals surface area contributed by atoms with Crippen molar-refractivity contribution < 1.29 is 4.74 Å². The Kier molecular flexibility index (Phi) is 2.88. The number of rotatable bonds is 2. The highest BCUT2D eigenvalue weighted by Crippen LogP contribution is 2.29. The number of hydrogen-bond acceptors (Lipinski definition) is 3.